The van der Waals surface area contributed by atoms with Crippen molar-refractivity contribution in [2.45, 2.75) is 36.3 Å². The minimum absolute atomic E-state index is 0.00676. The van der Waals surface area contributed by atoms with Gasteiger partial charge in [-0.2, -0.15) is 0 Å². The summed E-state index contributed by atoms with van der Waals surface area (Å²) >= 11 is 0. The smallest absolute Gasteiger partial charge is 0.415 e. The highest BCUT2D eigenvalue weighted by Gasteiger charge is 2.28. The zero-order valence-corrected chi connectivity index (χ0v) is 20.8. The van der Waals surface area contributed by atoms with E-state index in [9.17, 15) is 17.6 Å². The molecule has 1 amide bonds. The Morgan fingerprint density at radius 1 is 1.08 bits per heavy atom. The maximum Gasteiger partial charge on any atom is 0.415 e. The Labute approximate surface area is 209 Å². The van der Waals surface area contributed by atoms with E-state index < -0.39 is 15.9 Å². The van der Waals surface area contributed by atoms with Gasteiger partial charge in [0.05, 0.1) is 17.8 Å². The third kappa shape index (κ3) is 5.52. The summed E-state index contributed by atoms with van der Waals surface area (Å²) in [4.78, 5) is 13.9. The van der Waals surface area contributed by atoms with Crippen LogP contribution in [0.15, 0.2) is 82.8 Å². The summed E-state index contributed by atoms with van der Waals surface area (Å²) in [7, 11) is -2.52. The van der Waals surface area contributed by atoms with Crippen LogP contribution in [-0.2, 0) is 34.1 Å². The molecule has 0 unspecified atom stereocenters. The van der Waals surface area contributed by atoms with Crippen molar-refractivity contribution in [1.29, 1.82) is 0 Å². The largest absolute Gasteiger partial charge is 0.495 e. The first-order chi connectivity index (χ1) is 17.2. The molecule has 36 heavy (non-hydrogen) atoms. The van der Waals surface area contributed by atoms with Crippen LogP contribution in [0.25, 0.3) is 0 Å². The van der Waals surface area contributed by atoms with Crippen molar-refractivity contribution < 1.29 is 31.8 Å². The highest BCUT2D eigenvalue weighted by atomic mass is 32.2. The van der Waals surface area contributed by atoms with Gasteiger partial charge in [-0.15, -0.1) is 0 Å². The molecule has 0 N–H and O–H groups in total. The van der Waals surface area contributed by atoms with Gasteiger partial charge in [0.2, 0.25) is 9.84 Å². The van der Waals surface area contributed by atoms with Crippen molar-refractivity contribution in [1.82, 2.24) is 4.90 Å². The summed E-state index contributed by atoms with van der Waals surface area (Å²) in [6.07, 6.45) is 0.0106. The fourth-order valence-corrected chi connectivity index (χ4v) is 5.39. The first-order valence-corrected chi connectivity index (χ1v) is 12.7. The summed E-state index contributed by atoms with van der Waals surface area (Å²) in [5.74, 6) is 0.611. The van der Waals surface area contributed by atoms with E-state index >= 15 is 0 Å². The predicted molar refractivity (Wildman–Crippen MR) is 131 cm³/mol. The zero-order chi connectivity index (χ0) is 25.9. The van der Waals surface area contributed by atoms with Crippen molar-refractivity contribution in [3.63, 3.8) is 0 Å². The van der Waals surface area contributed by atoms with Gasteiger partial charge >= 0.3 is 6.09 Å². The zero-order valence-electron chi connectivity index (χ0n) is 20.0. The van der Waals surface area contributed by atoms with Gasteiger partial charge in [-0.3, -0.25) is 0 Å². The third-order valence-corrected chi connectivity index (χ3v) is 7.53. The Hall–Kier alpha value is -3.85. The van der Waals surface area contributed by atoms with Crippen molar-refractivity contribution in [3.8, 4) is 11.5 Å². The Bertz CT molecular complexity index is 1400. The second-order valence-corrected chi connectivity index (χ2v) is 10.3. The Morgan fingerprint density at radius 2 is 1.83 bits per heavy atom. The van der Waals surface area contributed by atoms with E-state index in [1.54, 1.807) is 43.3 Å². The number of carbonyl (C=O) groups excluding carboxylic acids is 1. The minimum Gasteiger partial charge on any atom is -0.495 e. The van der Waals surface area contributed by atoms with Gasteiger partial charge < -0.3 is 19.1 Å². The molecule has 0 atom stereocenters. The van der Waals surface area contributed by atoms with Crippen molar-refractivity contribution in [2.75, 3.05) is 13.7 Å². The molecule has 1 aliphatic rings. The second-order valence-electron chi connectivity index (χ2n) is 8.41. The summed E-state index contributed by atoms with van der Waals surface area (Å²) in [5.41, 5.74) is 2.27. The number of fused-ring (bicyclic) bond motifs is 1. The number of hydrogen-bond donors (Lipinski definition) is 0. The Morgan fingerprint density at radius 3 is 2.50 bits per heavy atom. The van der Waals surface area contributed by atoms with Gasteiger partial charge in [-0.1, -0.05) is 18.7 Å². The number of sulfone groups is 1. The van der Waals surface area contributed by atoms with Crippen LogP contribution >= 0.6 is 0 Å². The number of ether oxygens (including phenoxy) is 3. The predicted octanol–water partition coefficient (Wildman–Crippen LogP) is 5.27. The maximum absolute atomic E-state index is 13.5. The number of rotatable bonds is 7. The van der Waals surface area contributed by atoms with Crippen molar-refractivity contribution in [2.24, 2.45) is 0 Å². The molecule has 3 aromatic rings. The number of nitrogens with zero attached hydrogens (tertiary/aromatic N) is 1. The third-order valence-electron chi connectivity index (χ3n) is 5.74. The molecule has 0 saturated heterocycles. The quantitative estimate of drug-likeness (QED) is 0.402. The molecule has 1 aliphatic heterocycles. The van der Waals surface area contributed by atoms with Crippen LogP contribution in [0, 0.1) is 5.82 Å². The van der Waals surface area contributed by atoms with E-state index in [0.717, 1.165) is 5.56 Å². The fraction of sp³-hybridized carbons (Fsp3) is 0.222. The van der Waals surface area contributed by atoms with Crippen LogP contribution in [0.5, 0.6) is 11.5 Å². The van der Waals surface area contributed by atoms with E-state index in [0.29, 0.717) is 29.8 Å². The number of benzene rings is 3. The van der Waals surface area contributed by atoms with Gasteiger partial charge in [0.15, 0.2) is 0 Å². The molecule has 0 aromatic heterocycles. The molecule has 1 heterocycles. The first-order valence-electron chi connectivity index (χ1n) is 11.2. The van der Waals surface area contributed by atoms with Gasteiger partial charge in [0, 0.05) is 13.1 Å². The average molecular weight is 512 g/mol. The highest BCUT2D eigenvalue weighted by Crippen LogP contribution is 2.35. The topological polar surface area (TPSA) is 82.1 Å². The summed E-state index contributed by atoms with van der Waals surface area (Å²) < 4.78 is 56.5. The fourth-order valence-electron chi connectivity index (χ4n) is 3.94. The summed E-state index contributed by atoms with van der Waals surface area (Å²) in [6, 6.07) is 15.3. The number of carbonyl (C=O) groups is 1. The Balaban J connectivity index is 1.56. The second kappa shape index (κ2) is 10.4. The highest BCUT2D eigenvalue weighted by molar-refractivity contribution is 7.91. The molecular formula is C27H26FNO6S. The molecule has 0 aliphatic carbocycles. The van der Waals surface area contributed by atoms with Crippen LogP contribution < -0.4 is 9.47 Å². The normalized spacial score (nSPS) is 13.0. The van der Waals surface area contributed by atoms with E-state index in [1.165, 1.54) is 36.3 Å². The van der Waals surface area contributed by atoms with Crippen LogP contribution in [0.4, 0.5) is 9.18 Å². The molecule has 0 bridgehead atoms. The summed E-state index contributed by atoms with van der Waals surface area (Å²) in [5, 5.41) is 0. The molecule has 7 nitrogen and oxygen atoms in total. The van der Waals surface area contributed by atoms with Gasteiger partial charge in [0.1, 0.15) is 28.8 Å². The number of allylic oxidation sites excluding steroid dienone is 1. The lowest BCUT2D eigenvalue weighted by Gasteiger charge is -2.29. The monoisotopic (exact) mass is 511 g/mol. The average Bonchev–Trinajstić information content (AvgIpc) is 2.86. The molecule has 9 heteroatoms. The SMILES string of the molecule is C=C(C)OC(=O)N1CCc2cc(OC)c(S(=O)(=O)c3ccc(OCc4cccc(F)c4)cc3)cc2C1. The van der Waals surface area contributed by atoms with E-state index in [-0.39, 0.29) is 40.3 Å². The molecule has 0 saturated carbocycles. The standard InChI is InChI=1S/C27H26FNO6S/c1-18(2)35-27(30)29-12-11-20-14-25(33-3)26(15-21(20)16-29)36(31,32)24-9-7-23(8-10-24)34-17-19-5-4-6-22(28)13-19/h4-10,13-15H,1,11-12,16-17H2,2-3H3. The maximum atomic E-state index is 13.5. The van der Waals surface area contributed by atoms with Crippen LogP contribution in [0.1, 0.15) is 23.6 Å². The molecule has 4 rings (SSSR count). The van der Waals surface area contributed by atoms with E-state index in [4.69, 9.17) is 14.2 Å². The molecule has 3 aromatic carbocycles. The lowest BCUT2D eigenvalue weighted by molar-refractivity contribution is 0.124. The molecular weight excluding hydrogens is 485 g/mol. The van der Waals surface area contributed by atoms with Crippen LogP contribution in [-0.4, -0.2) is 33.1 Å². The van der Waals surface area contributed by atoms with Gasteiger partial charge in [0.25, 0.3) is 0 Å². The van der Waals surface area contributed by atoms with Crippen LogP contribution in [0.3, 0.4) is 0 Å². The first kappa shape index (κ1) is 25.2. The van der Waals surface area contributed by atoms with Gasteiger partial charge in [-0.05, 0) is 78.6 Å². The molecule has 188 valence electrons. The van der Waals surface area contributed by atoms with E-state index in [2.05, 4.69) is 6.58 Å². The Kier molecular flexibility index (Phi) is 7.30. The minimum atomic E-state index is -3.94. The number of methoxy groups -OCH3 is 1. The lowest BCUT2D eigenvalue weighted by atomic mass is 9.99. The number of amides is 1. The van der Waals surface area contributed by atoms with Gasteiger partial charge in [-0.25, -0.2) is 17.6 Å². The van der Waals surface area contributed by atoms with Crippen molar-refractivity contribution in [3.05, 3.63) is 95.5 Å². The van der Waals surface area contributed by atoms with E-state index in [1.807, 2.05) is 0 Å². The lowest BCUT2D eigenvalue weighted by Crippen LogP contribution is -2.36. The summed E-state index contributed by atoms with van der Waals surface area (Å²) in [6.45, 7) is 5.96. The molecule has 0 radical (unpaired) electrons. The molecule has 0 spiro atoms. The number of hydrogen-bond acceptors (Lipinski definition) is 6. The van der Waals surface area contributed by atoms with Crippen LogP contribution in [0.2, 0.25) is 0 Å². The van der Waals surface area contributed by atoms with Crippen molar-refractivity contribution >= 4 is 15.9 Å². The number of halogens is 1. The molecule has 0 fully saturated rings.